The third-order valence-corrected chi connectivity index (χ3v) is 7.20. The van der Waals surface area contributed by atoms with Gasteiger partial charge in [-0.1, -0.05) is 134 Å². The largest absolute Gasteiger partial charge is 1.00 e. The summed E-state index contributed by atoms with van der Waals surface area (Å²) in [5.41, 5.74) is 1.86. The quantitative estimate of drug-likeness (QED) is 0.263. The lowest BCUT2D eigenvalue weighted by atomic mass is 9.79. The van der Waals surface area contributed by atoms with Gasteiger partial charge in [-0.3, -0.25) is 0 Å². The van der Waals surface area contributed by atoms with Crippen molar-refractivity contribution in [3.8, 4) is 0 Å². The van der Waals surface area contributed by atoms with Crippen molar-refractivity contribution in [2.75, 3.05) is 14.1 Å². The van der Waals surface area contributed by atoms with Crippen LogP contribution >= 0.6 is 0 Å². The first kappa shape index (κ1) is 30.5. The highest BCUT2D eigenvalue weighted by Gasteiger charge is 2.37. The third-order valence-electron chi connectivity index (χ3n) is 7.20. The highest BCUT2D eigenvalue weighted by Crippen LogP contribution is 2.30. The summed E-state index contributed by atoms with van der Waals surface area (Å²) >= 11 is 0. The van der Waals surface area contributed by atoms with E-state index in [9.17, 15) is 0 Å². The molecule has 0 aromatic heterocycles. The number of halogens is 1. The number of unbranched alkanes of at least 4 members (excludes halogenated alkanes) is 14. The van der Waals surface area contributed by atoms with Gasteiger partial charge in [-0.05, 0) is 12.8 Å². The SMILES string of the molecule is CCCCCCCCCCC(CCCCCCCCCC)(c1ccccc1)[NH+](C)C.[Cl-]. The lowest BCUT2D eigenvalue weighted by Crippen LogP contribution is -3.13. The number of quaternary nitrogens is 1. The summed E-state index contributed by atoms with van der Waals surface area (Å²) in [6, 6.07) is 11.4. The van der Waals surface area contributed by atoms with Crippen LogP contribution in [-0.4, -0.2) is 14.1 Å². The predicted octanol–water partition coefficient (Wildman–Crippen LogP) is 5.09. The van der Waals surface area contributed by atoms with Crippen LogP contribution < -0.4 is 17.3 Å². The van der Waals surface area contributed by atoms with Crippen LogP contribution in [0.3, 0.4) is 0 Å². The zero-order valence-electron chi connectivity index (χ0n) is 21.5. The third kappa shape index (κ3) is 12.9. The summed E-state index contributed by atoms with van der Waals surface area (Å²) in [4.78, 5) is 1.62. The Bertz CT molecular complexity index is 465. The molecule has 1 aromatic rings. The topological polar surface area (TPSA) is 4.44 Å². The molecular formula is C29H54ClN. The van der Waals surface area contributed by atoms with Crippen molar-refractivity contribution in [3.05, 3.63) is 35.9 Å². The molecule has 0 aliphatic carbocycles. The van der Waals surface area contributed by atoms with Gasteiger partial charge in [-0.15, -0.1) is 0 Å². The van der Waals surface area contributed by atoms with Crippen molar-refractivity contribution in [3.63, 3.8) is 0 Å². The highest BCUT2D eigenvalue weighted by molar-refractivity contribution is 5.22. The summed E-state index contributed by atoms with van der Waals surface area (Å²) in [7, 11) is 4.78. The Morgan fingerprint density at radius 2 is 0.903 bits per heavy atom. The van der Waals surface area contributed by atoms with Crippen LogP contribution in [0.2, 0.25) is 0 Å². The highest BCUT2D eigenvalue weighted by atomic mass is 35.5. The smallest absolute Gasteiger partial charge is 0.123 e. The second kappa shape index (κ2) is 20.1. The second-order valence-electron chi connectivity index (χ2n) is 9.90. The van der Waals surface area contributed by atoms with E-state index in [0.29, 0.717) is 5.54 Å². The van der Waals surface area contributed by atoms with Crippen molar-refractivity contribution >= 4 is 0 Å². The molecule has 0 atom stereocenters. The van der Waals surface area contributed by atoms with Crippen molar-refractivity contribution in [1.82, 2.24) is 0 Å². The first-order valence-corrected chi connectivity index (χ1v) is 13.5. The molecule has 0 saturated heterocycles. The lowest BCUT2D eigenvalue weighted by molar-refractivity contribution is -0.925. The van der Waals surface area contributed by atoms with Crippen LogP contribution in [0.15, 0.2) is 30.3 Å². The van der Waals surface area contributed by atoms with Crippen LogP contribution in [0, 0.1) is 0 Å². The summed E-state index contributed by atoms with van der Waals surface area (Å²) in [6.07, 6.45) is 25.3. The zero-order chi connectivity index (χ0) is 21.9. The summed E-state index contributed by atoms with van der Waals surface area (Å²) in [6.45, 7) is 4.61. The fraction of sp³-hybridized carbons (Fsp3) is 0.793. The summed E-state index contributed by atoms with van der Waals surface area (Å²) in [5.74, 6) is 0. The van der Waals surface area contributed by atoms with Crippen molar-refractivity contribution < 1.29 is 17.3 Å². The van der Waals surface area contributed by atoms with Crippen LogP contribution in [0.25, 0.3) is 0 Å². The molecule has 1 aromatic carbocycles. The Labute approximate surface area is 202 Å². The standard InChI is InChI=1S/C29H53N.ClH/c1-5-7-9-11-13-15-17-22-26-29(30(3)4,28-24-20-19-21-25-28)27-23-18-16-14-12-10-8-6-2;/h19-21,24-25H,5-18,22-23,26-27H2,1-4H3;1H. The normalized spacial score (nSPS) is 11.6. The summed E-state index contributed by atoms with van der Waals surface area (Å²) in [5, 5.41) is 0. The van der Waals surface area contributed by atoms with Gasteiger partial charge in [0.15, 0.2) is 0 Å². The average molecular weight is 452 g/mol. The van der Waals surface area contributed by atoms with E-state index in [2.05, 4.69) is 58.3 Å². The molecule has 31 heavy (non-hydrogen) atoms. The van der Waals surface area contributed by atoms with E-state index in [0.717, 1.165) is 0 Å². The van der Waals surface area contributed by atoms with E-state index in [1.807, 2.05) is 0 Å². The van der Waals surface area contributed by atoms with Gasteiger partial charge in [0.05, 0.1) is 14.1 Å². The molecule has 182 valence electrons. The minimum atomic E-state index is 0. The lowest BCUT2D eigenvalue weighted by Gasteiger charge is -2.38. The van der Waals surface area contributed by atoms with Crippen molar-refractivity contribution in [1.29, 1.82) is 0 Å². The van der Waals surface area contributed by atoms with E-state index >= 15 is 0 Å². The van der Waals surface area contributed by atoms with Crippen molar-refractivity contribution in [2.24, 2.45) is 0 Å². The van der Waals surface area contributed by atoms with Crippen LogP contribution in [0.4, 0.5) is 0 Å². The predicted molar refractivity (Wildman–Crippen MR) is 135 cm³/mol. The Morgan fingerprint density at radius 1 is 0.548 bits per heavy atom. The molecule has 1 N–H and O–H groups in total. The molecule has 0 aliphatic rings. The van der Waals surface area contributed by atoms with E-state index in [4.69, 9.17) is 0 Å². The average Bonchev–Trinajstić information content (AvgIpc) is 2.76. The molecular weight excluding hydrogens is 398 g/mol. The first-order chi connectivity index (χ1) is 14.7. The molecule has 0 fully saturated rings. The first-order valence-electron chi connectivity index (χ1n) is 13.5. The Hall–Kier alpha value is -0.530. The molecule has 0 amide bonds. The molecule has 1 rings (SSSR count). The van der Waals surface area contributed by atoms with Gasteiger partial charge in [0.2, 0.25) is 0 Å². The van der Waals surface area contributed by atoms with E-state index in [1.54, 1.807) is 10.5 Å². The molecule has 0 saturated carbocycles. The van der Waals surface area contributed by atoms with Gasteiger partial charge < -0.3 is 17.3 Å². The van der Waals surface area contributed by atoms with Gasteiger partial charge in [0.1, 0.15) is 5.54 Å². The zero-order valence-corrected chi connectivity index (χ0v) is 22.2. The molecule has 0 unspecified atom stereocenters. The number of benzene rings is 1. The molecule has 0 aliphatic heterocycles. The number of rotatable bonds is 20. The monoisotopic (exact) mass is 451 g/mol. The molecule has 0 bridgehead atoms. The van der Waals surface area contributed by atoms with E-state index < -0.39 is 0 Å². The number of hydrogen-bond donors (Lipinski definition) is 1. The molecule has 0 spiro atoms. The van der Waals surface area contributed by atoms with Crippen LogP contribution in [-0.2, 0) is 5.54 Å². The van der Waals surface area contributed by atoms with Gasteiger partial charge in [-0.2, -0.15) is 0 Å². The number of hydrogen-bond acceptors (Lipinski definition) is 0. The van der Waals surface area contributed by atoms with Gasteiger partial charge in [-0.25, -0.2) is 0 Å². The maximum absolute atomic E-state index is 2.39. The Balaban J connectivity index is 0.00000900. The van der Waals surface area contributed by atoms with Crippen LogP contribution in [0.1, 0.15) is 135 Å². The second-order valence-corrected chi connectivity index (χ2v) is 9.90. The number of nitrogens with one attached hydrogen (secondary N) is 1. The maximum Gasteiger partial charge on any atom is 0.123 e. The van der Waals surface area contributed by atoms with Crippen LogP contribution in [0.5, 0.6) is 0 Å². The van der Waals surface area contributed by atoms with Crippen molar-refractivity contribution in [2.45, 2.75) is 135 Å². The summed E-state index contributed by atoms with van der Waals surface area (Å²) < 4.78 is 0. The fourth-order valence-electron chi connectivity index (χ4n) is 5.08. The molecule has 2 heteroatoms. The minimum absolute atomic E-state index is 0. The fourth-order valence-corrected chi connectivity index (χ4v) is 5.08. The van der Waals surface area contributed by atoms with Gasteiger partial charge >= 0.3 is 0 Å². The molecule has 0 heterocycles. The Morgan fingerprint density at radius 3 is 1.26 bits per heavy atom. The van der Waals surface area contributed by atoms with E-state index in [1.165, 1.54) is 116 Å². The van der Waals surface area contributed by atoms with Gasteiger partial charge in [0.25, 0.3) is 0 Å². The van der Waals surface area contributed by atoms with E-state index in [-0.39, 0.29) is 12.4 Å². The molecule has 1 nitrogen and oxygen atoms in total. The Kier molecular flexibility index (Phi) is 19.8. The molecule has 0 radical (unpaired) electrons. The maximum atomic E-state index is 2.39. The minimum Gasteiger partial charge on any atom is -1.00 e. The van der Waals surface area contributed by atoms with Gasteiger partial charge in [0, 0.05) is 18.4 Å².